The summed E-state index contributed by atoms with van der Waals surface area (Å²) in [5.74, 6) is -3.30. The van der Waals surface area contributed by atoms with Gasteiger partial charge >= 0.3 is 11.9 Å². The molecule has 11 heteroatoms. The maximum absolute atomic E-state index is 13.5. The van der Waals surface area contributed by atoms with Crippen molar-refractivity contribution in [3.05, 3.63) is 60.2 Å². The summed E-state index contributed by atoms with van der Waals surface area (Å²) in [6, 6.07) is 14.9. The zero-order chi connectivity index (χ0) is 40.3. The highest BCUT2D eigenvalue weighted by molar-refractivity contribution is 5.91. The van der Waals surface area contributed by atoms with Crippen LogP contribution in [0.1, 0.15) is 147 Å². The first-order valence-electron chi connectivity index (χ1n) is 20.5. The van der Waals surface area contributed by atoms with E-state index in [1.165, 1.54) is 32.1 Å². The molecule has 2 aromatic carbocycles. The number of carboxylic acids is 2. The maximum Gasteiger partial charge on any atom is 0.326 e. The van der Waals surface area contributed by atoms with Crippen molar-refractivity contribution in [3.8, 4) is 11.1 Å². The van der Waals surface area contributed by atoms with Crippen molar-refractivity contribution in [1.82, 2.24) is 10.6 Å². The Balaban J connectivity index is 1.84. The Bertz CT molecular complexity index is 1450. The van der Waals surface area contributed by atoms with Gasteiger partial charge in [0, 0.05) is 25.7 Å². The van der Waals surface area contributed by atoms with E-state index in [2.05, 4.69) is 17.6 Å². The van der Waals surface area contributed by atoms with Gasteiger partial charge in [-0.05, 0) is 55.2 Å². The highest BCUT2D eigenvalue weighted by Crippen LogP contribution is 2.21. The molecule has 0 saturated heterocycles. The molecular formula is C44H65N3O8. The van der Waals surface area contributed by atoms with Crippen LogP contribution in [-0.2, 0) is 35.2 Å². The molecule has 0 radical (unpaired) electrons. The molecule has 0 aliphatic heterocycles. The number of benzene rings is 2. The van der Waals surface area contributed by atoms with Gasteiger partial charge in [-0.15, -0.1) is 0 Å². The number of hydrogen-bond acceptors (Lipinski definition) is 7. The van der Waals surface area contributed by atoms with Crippen LogP contribution in [-0.4, -0.2) is 63.7 Å². The molecule has 2 amide bonds. The van der Waals surface area contributed by atoms with E-state index in [1.807, 2.05) is 54.6 Å². The van der Waals surface area contributed by atoms with Crippen LogP contribution in [0.5, 0.6) is 0 Å². The van der Waals surface area contributed by atoms with E-state index in [1.54, 1.807) is 0 Å². The molecule has 3 atom stereocenters. The summed E-state index contributed by atoms with van der Waals surface area (Å²) in [6.45, 7) is 2.21. The molecule has 0 heterocycles. The van der Waals surface area contributed by atoms with Crippen LogP contribution in [0.3, 0.4) is 0 Å². The number of carboxylic acid groups (broad SMARTS) is 2. The maximum atomic E-state index is 13.5. The fourth-order valence-corrected chi connectivity index (χ4v) is 6.54. The topological polar surface area (TPSA) is 193 Å². The average Bonchev–Trinajstić information content (AvgIpc) is 3.17. The molecule has 0 bridgehead atoms. The SMILES string of the molecule is CCCCCCCCCC(=O)CCCCCCC[C@H](N)C(=O)N[C@H](Cc1ccc(-c2ccccc2)cc1)C(=O)CCCC[C@@H](NC(=O)CCC(=O)O)C(=O)O. The standard InChI is InChI=1S/C44H65N3O8/c1-2-3-4-5-6-8-14-21-36(48)22-15-9-7-10-16-23-37(45)43(53)47-39(32-33-26-28-35(29-27-33)34-19-12-11-13-20-34)40(49)25-18-17-24-38(44(54)55)46-41(50)30-31-42(51)52/h11-13,19-20,26-29,37-39H,2-10,14-18,21-25,30-32,45H2,1H3,(H,46,50)(H,47,53)(H,51,52)(H,54,55)/t37-,38+,39+/m0/s1. The number of nitrogens with one attached hydrogen (secondary N) is 2. The minimum Gasteiger partial charge on any atom is -0.481 e. The predicted octanol–water partition coefficient (Wildman–Crippen LogP) is 7.71. The van der Waals surface area contributed by atoms with Crippen molar-refractivity contribution in [2.75, 3.05) is 0 Å². The molecule has 0 aromatic heterocycles. The van der Waals surface area contributed by atoms with E-state index < -0.39 is 48.3 Å². The Labute approximate surface area is 327 Å². The van der Waals surface area contributed by atoms with Crippen LogP contribution >= 0.6 is 0 Å². The predicted molar refractivity (Wildman–Crippen MR) is 215 cm³/mol. The van der Waals surface area contributed by atoms with Crippen LogP contribution in [0.4, 0.5) is 0 Å². The lowest BCUT2D eigenvalue weighted by Gasteiger charge is -2.21. The number of carbonyl (C=O) groups excluding carboxylic acids is 4. The van der Waals surface area contributed by atoms with Gasteiger partial charge in [0.1, 0.15) is 11.8 Å². The third kappa shape index (κ3) is 21.3. The van der Waals surface area contributed by atoms with Gasteiger partial charge < -0.3 is 26.6 Å². The molecule has 0 aliphatic rings. The Kier molecular flexibility index (Phi) is 23.9. The molecule has 11 nitrogen and oxygen atoms in total. The Morgan fingerprint density at radius 3 is 1.73 bits per heavy atom. The second kappa shape index (κ2) is 28.1. The van der Waals surface area contributed by atoms with Gasteiger partial charge in [-0.3, -0.25) is 24.0 Å². The van der Waals surface area contributed by atoms with Gasteiger partial charge in [0.05, 0.1) is 18.5 Å². The first-order valence-corrected chi connectivity index (χ1v) is 20.5. The average molecular weight is 764 g/mol. The number of Topliss-reactive ketones (excluding diaryl/α,β-unsaturated/α-hetero) is 2. The van der Waals surface area contributed by atoms with Crippen molar-refractivity contribution in [2.45, 2.75) is 166 Å². The van der Waals surface area contributed by atoms with Gasteiger partial charge in [-0.1, -0.05) is 132 Å². The third-order valence-electron chi connectivity index (χ3n) is 9.94. The van der Waals surface area contributed by atoms with Crippen LogP contribution in [0, 0.1) is 0 Å². The smallest absolute Gasteiger partial charge is 0.326 e. The summed E-state index contributed by atoms with van der Waals surface area (Å²) in [4.78, 5) is 73.4. The van der Waals surface area contributed by atoms with Crippen molar-refractivity contribution >= 4 is 35.3 Å². The second-order valence-electron chi connectivity index (χ2n) is 14.7. The summed E-state index contributed by atoms with van der Waals surface area (Å²) in [5, 5.41) is 23.5. The fraction of sp³-hybridized carbons (Fsp3) is 0.591. The summed E-state index contributed by atoms with van der Waals surface area (Å²) in [5.41, 5.74) is 9.24. The zero-order valence-electron chi connectivity index (χ0n) is 32.9. The van der Waals surface area contributed by atoms with Gasteiger partial charge in [-0.25, -0.2) is 4.79 Å². The number of amides is 2. The number of rotatable bonds is 32. The Hall–Kier alpha value is -4.38. The molecule has 2 aromatic rings. The third-order valence-corrected chi connectivity index (χ3v) is 9.94. The lowest BCUT2D eigenvalue weighted by molar-refractivity contribution is -0.142. The number of hydrogen-bond donors (Lipinski definition) is 5. The quantitative estimate of drug-likeness (QED) is 0.0464. The van der Waals surface area contributed by atoms with Crippen LogP contribution in [0.25, 0.3) is 11.1 Å². The Morgan fingerprint density at radius 2 is 1.13 bits per heavy atom. The van der Waals surface area contributed by atoms with Crippen molar-refractivity contribution in [2.24, 2.45) is 5.73 Å². The Morgan fingerprint density at radius 1 is 0.582 bits per heavy atom. The molecule has 0 saturated carbocycles. The number of carbonyl (C=O) groups is 6. The van der Waals surface area contributed by atoms with Crippen LogP contribution in [0.15, 0.2) is 54.6 Å². The molecule has 0 aliphatic carbocycles. The van der Waals surface area contributed by atoms with Gasteiger partial charge in [0.2, 0.25) is 11.8 Å². The van der Waals surface area contributed by atoms with E-state index in [0.29, 0.717) is 37.9 Å². The molecule has 55 heavy (non-hydrogen) atoms. The summed E-state index contributed by atoms with van der Waals surface area (Å²) < 4.78 is 0. The van der Waals surface area contributed by atoms with E-state index in [0.717, 1.165) is 61.6 Å². The summed E-state index contributed by atoms with van der Waals surface area (Å²) in [7, 11) is 0. The van der Waals surface area contributed by atoms with E-state index in [-0.39, 0.29) is 31.5 Å². The summed E-state index contributed by atoms with van der Waals surface area (Å²) in [6.07, 6.45) is 15.1. The normalized spacial score (nSPS) is 12.7. The van der Waals surface area contributed by atoms with Crippen molar-refractivity contribution < 1.29 is 39.0 Å². The van der Waals surface area contributed by atoms with Crippen LogP contribution in [0.2, 0.25) is 0 Å². The molecule has 0 fully saturated rings. The zero-order valence-corrected chi connectivity index (χ0v) is 32.9. The molecule has 0 spiro atoms. The largest absolute Gasteiger partial charge is 0.481 e. The summed E-state index contributed by atoms with van der Waals surface area (Å²) >= 11 is 0. The molecule has 2 rings (SSSR count). The fourth-order valence-electron chi connectivity index (χ4n) is 6.54. The van der Waals surface area contributed by atoms with E-state index >= 15 is 0 Å². The molecule has 0 unspecified atom stereocenters. The molecule has 6 N–H and O–H groups in total. The number of nitrogens with two attached hydrogens (primary N) is 1. The van der Waals surface area contributed by atoms with Gasteiger partial charge in [0.15, 0.2) is 5.78 Å². The monoisotopic (exact) mass is 763 g/mol. The lowest BCUT2D eigenvalue weighted by Crippen LogP contribution is -2.49. The van der Waals surface area contributed by atoms with E-state index in [9.17, 15) is 33.9 Å². The minimum absolute atomic E-state index is 0.0693. The van der Waals surface area contributed by atoms with Crippen molar-refractivity contribution in [3.63, 3.8) is 0 Å². The highest BCUT2D eigenvalue weighted by Gasteiger charge is 2.25. The number of ketones is 2. The number of aliphatic carboxylic acids is 2. The van der Waals surface area contributed by atoms with Gasteiger partial charge in [-0.2, -0.15) is 0 Å². The minimum atomic E-state index is -1.24. The second-order valence-corrected chi connectivity index (χ2v) is 14.7. The first kappa shape index (κ1) is 46.8. The van der Waals surface area contributed by atoms with Gasteiger partial charge in [0.25, 0.3) is 0 Å². The highest BCUT2D eigenvalue weighted by atomic mass is 16.4. The molecule has 304 valence electrons. The lowest BCUT2D eigenvalue weighted by atomic mass is 9.96. The van der Waals surface area contributed by atoms with Crippen molar-refractivity contribution in [1.29, 1.82) is 0 Å². The van der Waals surface area contributed by atoms with E-state index in [4.69, 9.17) is 10.8 Å². The first-order chi connectivity index (χ1) is 26.5. The molecular weight excluding hydrogens is 698 g/mol. The van der Waals surface area contributed by atoms with Crippen LogP contribution < -0.4 is 16.4 Å². The number of unbranched alkanes of at least 4 members (excludes halogenated alkanes) is 11.